The zero-order chi connectivity index (χ0) is 11.5. The third-order valence-electron chi connectivity index (χ3n) is 1.77. The van der Waals surface area contributed by atoms with Gasteiger partial charge in [-0.1, -0.05) is 17.3 Å². The molecule has 1 N–H and O–H groups in total. The summed E-state index contributed by atoms with van der Waals surface area (Å²) in [5.41, 5.74) is 0.420. The van der Waals surface area contributed by atoms with Gasteiger partial charge in [0.1, 0.15) is 5.75 Å². The summed E-state index contributed by atoms with van der Waals surface area (Å²) in [6.45, 7) is -2.90. The minimum atomic E-state index is -2.90. The van der Waals surface area contributed by atoms with Crippen LogP contribution in [0.2, 0.25) is 0 Å². The molecule has 1 aromatic heterocycles. The number of rotatable bonds is 3. The predicted molar refractivity (Wildman–Crippen MR) is 49.2 cm³/mol. The van der Waals surface area contributed by atoms with Crippen molar-refractivity contribution in [2.24, 2.45) is 0 Å². The molecule has 0 atom stereocenters. The van der Waals surface area contributed by atoms with Crippen molar-refractivity contribution in [3.63, 3.8) is 0 Å². The fourth-order valence-corrected chi connectivity index (χ4v) is 1.17. The Bertz CT molecular complexity index is 535. The Morgan fingerprint density at radius 2 is 2.25 bits per heavy atom. The maximum Gasteiger partial charge on any atom is 0.439 e. The van der Waals surface area contributed by atoms with E-state index in [1.165, 1.54) is 18.2 Å². The van der Waals surface area contributed by atoms with E-state index < -0.39 is 12.4 Å². The van der Waals surface area contributed by atoms with Crippen molar-refractivity contribution >= 4 is 0 Å². The molecule has 0 spiro atoms. The second-order valence-corrected chi connectivity index (χ2v) is 2.85. The molecule has 0 saturated carbocycles. The zero-order valence-corrected chi connectivity index (χ0v) is 7.81. The van der Waals surface area contributed by atoms with E-state index in [0.29, 0.717) is 5.56 Å². The summed E-state index contributed by atoms with van der Waals surface area (Å²) in [5.74, 6) is -0.573. The predicted octanol–water partition coefficient (Wildman–Crippen LogP) is 1.63. The van der Waals surface area contributed by atoms with Crippen LogP contribution < -0.4 is 10.5 Å². The number of nitrogens with zero attached hydrogens (tertiary/aromatic N) is 1. The molecule has 0 aliphatic heterocycles. The summed E-state index contributed by atoms with van der Waals surface area (Å²) in [7, 11) is 0. The Morgan fingerprint density at radius 1 is 1.44 bits per heavy atom. The zero-order valence-electron chi connectivity index (χ0n) is 7.81. The molecule has 84 valence electrons. The van der Waals surface area contributed by atoms with Crippen molar-refractivity contribution in [1.29, 1.82) is 0 Å². The van der Waals surface area contributed by atoms with Crippen molar-refractivity contribution in [3.8, 4) is 17.1 Å². The maximum atomic E-state index is 11.9. The van der Waals surface area contributed by atoms with Crippen LogP contribution in [0, 0.1) is 0 Å². The van der Waals surface area contributed by atoms with Crippen LogP contribution in [0.15, 0.2) is 33.6 Å². The smallest absolute Gasteiger partial charge is 0.435 e. The van der Waals surface area contributed by atoms with Gasteiger partial charge >= 0.3 is 12.4 Å². The normalized spacial score (nSPS) is 10.7. The summed E-state index contributed by atoms with van der Waals surface area (Å²) < 4.78 is 32.4. The third kappa shape index (κ3) is 2.25. The molecule has 1 aromatic carbocycles. The molecular formula is C9H6F2N2O3. The lowest BCUT2D eigenvalue weighted by Crippen LogP contribution is -2.01. The first-order valence-electron chi connectivity index (χ1n) is 4.26. The highest BCUT2D eigenvalue weighted by atomic mass is 19.3. The molecule has 0 radical (unpaired) electrons. The SMILES string of the molecule is O=c1[nH]c(-c2cccc(OC(F)F)c2)no1. The van der Waals surface area contributed by atoms with Gasteiger partial charge in [0.05, 0.1) is 0 Å². The van der Waals surface area contributed by atoms with Crippen LogP contribution in [-0.2, 0) is 0 Å². The van der Waals surface area contributed by atoms with E-state index in [4.69, 9.17) is 0 Å². The summed E-state index contributed by atoms with van der Waals surface area (Å²) in [4.78, 5) is 13.0. The van der Waals surface area contributed by atoms with Gasteiger partial charge < -0.3 is 4.74 Å². The first-order valence-corrected chi connectivity index (χ1v) is 4.26. The summed E-state index contributed by atoms with van der Waals surface area (Å²) in [5, 5.41) is 3.42. The Morgan fingerprint density at radius 3 is 2.88 bits per heavy atom. The number of halogens is 2. The fraction of sp³-hybridized carbons (Fsp3) is 0.111. The lowest BCUT2D eigenvalue weighted by molar-refractivity contribution is -0.0498. The highest BCUT2D eigenvalue weighted by molar-refractivity contribution is 5.56. The number of aromatic amines is 1. The number of aromatic nitrogens is 2. The van der Waals surface area contributed by atoms with Crippen LogP contribution in [0.4, 0.5) is 8.78 Å². The molecule has 0 amide bonds. The van der Waals surface area contributed by atoms with E-state index in [9.17, 15) is 13.6 Å². The number of benzene rings is 1. The highest BCUT2D eigenvalue weighted by Gasteiger charge is 2.08. The van der Waals surface area contributed by atoms with Gasteiger partial charge in [-0.25, -0.2) is 4.79 Å². The fourth-order valence-electron chi connectivity index (χ4n) is 1.17. The Labute approximate surface area is 87.6 Å². The molecule has 0 fully saturated rings. The molecule has 0 unspecified atom stereocenters. The number of hydrogen-bond acceptors (Lipinski definition) is 4. The van der Waals surface area contributed by atoms with Gasteiger partial charge in [0.2, 0.25) is 0 Å². The largest absolute Gasteiger partial charge is 0.439 e. The van der Waals surface area contributed by atoms with Gasteiger partial charge in [-0.2, -0.15) is 8.78 Å². The number of nitrogens with one attached hydrogen (secondary N) is 1. The molecule has 2 aromatic rings. The number of ether oxygens (including phenoxy) is 1. The average Bonchev–Trinajstić information content (AvgIpc) is 2.64. The minimum Gasteiger partial charge on any atom is -0.435 e. The van der Waals surface area contributed by atoms with Gasteiger partial charge in [-0.15, -0.1) is 0 Å². The first kappa shape index (κ1) is 10.3. The van der Waals surface area contributed by atoms with Crippen LogP contribution in [0.25, 0.3) is 11.4 Å². The van der Waals surface area contributed by atoms with Gasteiger partial charge in [0.25, 0.3) is 0 Å². The molecular weight excluding hydrogens is 222 g/mol. The van der Waals surface area contributed by atoms with Crippen LogP contribution in [0.1, 0.15) is 0 Å². The highest BCUT2D eigenvalue weighted by Crippen LogP contribution is 2.21. The van der Waals surface area contributed by atoms with Crippen LogP contribution in [-0.4, -0.2) is 16.8 Å². The molecule has 0 bridgehead atoms. The van der Waals surface area contributed by atoms with Crippen molar-refractivity contribution < 1.29 is 18.0 Å². The van der Waals surface area contributed by atoms with E-state index in [1.807, 2.05) is 0 Å². The summed E-state index contributed by atoms with van der Waals surface area (Å²) in [6.07, 6.45) is 0. The summed E-state index contributed by atoms with van der Waals surface area (Å²) in [6, 6.07) is 5.76. The van der Waals surface area contributed by atoms with Gasteiger partial charge in [-0.3, -0.25) is 9.51 Å². The van der Waals surface area contributed by atoms with Crippen molar-refractivity contribution in [3.05, 3.63) is 34.8 Å². The first-order chi connectivity index (χ1) is 7.65. The van der Waals surface area contributed by atoms with Gasteiger partial charge in [0.15, 0.2) is 5.82 Å². The lowest BCUT2D eigenvalue weighted by Gasteiger charge is -2.04. The topological polar surface area (TPSA) is 68.1 Å². The second-order valence-electron chi connectivity index (χ2n) is 2.85. The van der Waals surface area contributed by atoms with E-state index in [0.717, 1.165) is 0 Å². The van der Waals surface area contributed by atoms with Gasteiger partial charge in [0, 0.05) is 5.56 Å². The van der Waals surface area contributed by atoms with Crippen molar-refractivity contribution in [2.75, 3.05) is 0 Å². The molecule has 0 aliphatic carbocycles. The van der Waals surface area contributed by atoms with Crippen LogP contribution >= 0.6 is 0 Å². The standard InChI is InChI=1S/C9H6F2N2O3/c10-8(11)15-6-3-1-2-5(4-6)7-12-9(14)16-13-7/h1-4,8H,(H,12,13,14). The minimum absolute atomic E-state index is 0.0173. The molecule has 1 heterocycles. The van der Waals surface area contributed by atoms with Crippen molar-refractivity contribution in [2.45, 2.75) is 6.61 Å². The quantitative estimate of drug-likeness (QED) is 0.866. The molecule has 2 rings (SSSR count). The average molecular weight is 228 g/mol. The molecule has 0 aliphatic rings. The van der Waals surface area contributed by atoms with E-state index in [-0.39, 0.29) is 11.6 Å². The van der Waals surface area contributed by atoms with Crippen LogP contribution in [0.5, 0.6) is 5.75 Å². The van der Waals surface area contributed by atoms with E-state index in [2.05, 4.69) is 19.4 Å². The molecule has 7 heteroatoms. The van der Waals surface area contributed by atoms with Crippen molar-refractivity contribution in [1.82, 2.24) is 10.1 Å². The Kier molecular flexibility index (Phi) is 2.67. The number of hydrogen-bond donors (Lipinski definition) is 1. The molecule has 5 nitrogen and oxygen atoms in total. The lowest BCUT2D eigenvalue weighted by atomic mass is 10.2. The monoisotopic (exact) mass is 228 g/mol. The summed E-state index contributed by atoms with van der Waals surface area (Å²) >= 11 is 0. The Balaban J connectivity index is 2.32. The molecule has 16 heavy (non-hydrogen) atoms. The Hall–Kier alpha value is -2.18. The van der Waals surface area contributed by atoms with Crippen LogP contribution in [0.3, 0.4) is 0 Å². The second kappa shape index (κ2) is 4.13. The molecule has 0 saturated heterocycles. The van der Waals surface area contributed by atoms with E-state index in [1.54, 1.807) is 6.07 Å². The number of alkyl halides is 2. The van der Waals surface area contributed by atoms with Gasteiger partial charge in [-0.05, 0) is 12.1 Å². The third-order valence-corrected chi connectivity index (χ3v) is 1.77. The number of H-pyrrole nitrogens is 1. The maximum absolute atomic E-state index is 11.9. The van der Waals surface area contributed by atoms with E-state index >= 15 is 0 Å².